The molecule has 2 rings (SSSR count). The van der Waals surface area contributed by atoms with Crippen LogP contribution in [0.15, 0.2) is 53.5 Å². The van der Waals surface area contributed by atoms with Crippen molar-refractivity contribution in [3.63, 3.8) is 0 Å². The molecule has 0 radical (unpaired) electrons. The van der Waals surface area contributed by atoms with Gasteiger partial charge in [0.15, 0.2) is 0 Å². The highest BCUT2D eigenvalue weighted by Crippen LogP contribution is 2.21. The van der Waals surface area contributed by atoms with Crippen molar-refractivity contribution in [3.05, 3.63) is 70.1 Å². The Morgan fingerprint density at radius 1 is 1.00 bits per heavy atom. The van der Waals surface area contributed by atoms with E-state index in [0.29, 0.717) is 5.25 Å². The molecule has 1 atom stereocenters. The van der Waals surface area contributed by atoms with Gasteiger partial charge in [-0.05, 0) is 62.1 Å². The summed E-state index contributed by atoms with van der Waals surface area (Å²) >= 11 is 1.89. The van der Waals surface area contributed by atoms with Gasteiger partial charge >= 0.3 is 0 Å². The van der Waals surface area contributed by atoms with Crippen molar-refractivity contribution >= 4 is 30.1 Å². The Kier molecular flexibility index (Phi) is 15.2. The molecule has 2 aromatic carbocycles. The summed E-state index contributed by atoms with van der Waals surface area (Å²) in [5, 5.41) is 3.30. The second-order valence-electron chi connectivity index (χ2n) is 5.75. The van der Waals surface area contributed by atoms with E-state index in [-0.39, 0.29) is 0 Å². The van der Waals surface area contributed by atoms with E-state index in [1.807, 2.05) is 36.2 Å². The molecule has 0 fully saturated rings. The highest BCUT2D eigenvalue weighted by atomic mass is 32.2. The minimum Gasteiger partial charge on any atom is -0.333 e. The number of rotatable bonds is 5. The lowest BCUT2D eigenvalue weighted by molar-refractivity contribution is 0.937. The van der Waals surface area contributed by atoms with Crippen LogP contribution in [-0.4, -0.2) is 26.1 Å². The molecule has 148 valence electrons. The van der Waals surface area contributed by atoms with Crippen LogP contribution in [0.1, 0.15) is 50.5 Å². The van der Waals surface area contributed by atoms with Crippen molar-refractivity contribution in [1.82, 2.24) is 0 Å². The van der Waals surface area contributed by atoms with Crippen molar-refractivity contribution in [3.8, 4) is 0 Å². The second-order valence-corrected chi connectivity index (χ2v) is 6.93. The van der Waals surface area contributed by atoms with E-state index in [2.05, 4.69) is 87.2 Å². The van der Waals surface area contributed by atoms with Gasteiger partial charge in [0.1, 0.15) is 0 Å². The van der Waals surface area contributed by atoms with E-state index in [1.165, 1.54) is 28.6 Å². The molecule has 0 saturated carbocycles. The number of nitrogens with zero attached hydrogens (tertiary/aromatic N) is 1. The summed E-state index contributed by atoms with van der Waals surface area (Å²) in [5.74, 6) is 0. The van der Waals surface area contributed by atoms with Crippen LogP contribution in [0.2, 0.25) is 0 Å². The first-order chi connectivity index (χ1) is 13.2. The lowest BCUT2D eigenvalue weighted by Gasteiger charge is -2.09. The first-order valence-electron chi connectivity index (χ1n) is 9.54. The zero-order valence-electron chi connectivity index (χ0n) is 17.8. The molecule has 2 aromatic rings. The standard InChI is InChI=1S/C13H18S.C10H13N.CH5N/c1-5-11-8-7-9-13(10(3)14-4)12(11)6-2;1-2-8-11-9-10-6-4-3-5-7-10;1-2/h5-10H,1-4H3;3-7,9H,2,8H2,1H3;2H2,1H3/b11-5-,12-6+;;. The summed E-state index contributed by atoms with van der Waals surface area (Å²) < 4.78 is 0. The van der Waals surface area contributed by atoms with Crippen molar-refractivity contribution < 1.29 is 0 Å². The van der Waals surface area contributed by atoms with E-state index in [4.69, 9.17) is 0 Å². The van der Waals surface area contributed by atoms with Crippen LogP contribution in [0, 0.1) is 0 Å². The van der Waals surface area contributed by atoms with Crippen LogP contribution < -0.4 is 16.2 Å². The normalized spacial score (nSPS) is 12.9. The average molecular weight is 385 g/mol. The van der Waals surface area contributed by atoms with Gasteiger partial charge in [-0.25, -0.2) is 0 Å². The van der Waals surface area contributed by atoms with Gasteiger partial charge in [-0.2, -0.15) is 11.8 Å². The van der Waals surface area contributed by atoms with Gasteiger partial charge in [-0.3, -0.25) is 4.99 Å². The van der Waals surface area contributed by atoms with Crippen molar-refractivity contribution in [2.24, 2.45) is 10.7 Å². The van der Waals surface area contributed by atoms with Crippen molar-refractivity contribution in [2.75, 3.05) is 19.8 Å². The average Bonchev–Trinajstić information content (AvgIpc) is 2.75. The summed E-state index contributed by atoms with van der Waals surface area (Å²) in [6.45, 7) is 9.51. The number of aliphatic imine (C=N–C) groups is 1. The largest absolute Gasteiger partial charge is 0.333 e. The summed E-state index contributed by atoms with van der Waals surface area (Å²) in [4.78, 5) is 4.24. The van der Waals surface area contributed by atoms with E-state index >= 15 is 0 Å². The summed E-state index contributed by atoms with van der Waals surface area (Å²) in [6.07, 6.45) is 9.57. The Bertz CT molecular complexity index is 752. The molecular formula is C24H36N2S. The van der Waals surface area contributed by atoms with Gasteiger partial charge in [-0.1, -0.05) is 67.6 Å². The molecule has 0 bridgehead atoms. The Balaban J connectivity index is 0.000000469. The quantitative estimate of drug-likeness (QED) is 0.752. The lowest BCUT2D eigenvalue weighted by Crippen LogP contribution is -2.28. The molecule has 27 heavy (non-hydrogen) atoms. The lowest BCUT2D eigenvalue weighted by atomic mass is 10.1. The Hall–Kier alpha value is -1.84. The molecule has 0 aromatic heterocycles. The maximum absolute atomic E-state index is 4.50. The zero-order chi connectivity index (χ0) is 20.5. The highest BCUT2D eigenvalue weighted by Gasteiger charge is 2.04. The summed E-state index contributed by atoms with van der Waals surface area (Å²) in [7, 11) is 1.50. The van der Waals surface area contributed by atoms with Gasteiger partial charge in [0.05, 0.1) is 0 Å². The minimum absolute atomic E-state index is 0.570. The highest BCUT2D eigenvalue weighted by molar-refractivity contribution is 7.98. The van der Waals surface area contributed by atoms with Crippen LogP contribution in [0.25, 0.3) is 12.2 Å². The molecule has 1 unspecified atom stereocenters. The molecule has 2 nitrogen and oxygen atoms in total. The predicted octanol–water partition coefficient (Wildman–Crippen LogP) is 4.80. The fourth-order valence-corrected chi connectivity index (χ4v) is 2.97. The summed E-state index contributed by atoms with van der Waals surface area (Å²) in [5.41, 5.74) is 7.12. The third-order valence-corrected chi connectivity index (χ3v) is 4.92. The molecule has 0 heterocycles. The van der Waals surface area contributed by atoms with Gasteiger partial charge in [0.25, 0.3) is 0 Å². The smallest absolute Gasteiger partial charge is 0.0386 e. The Morgan fingerprint density at radius 2 is 1.67 bits per heavy atom. The topological polar surface area (TPSA) is 38.4 Å². The van der Waals surface area contributed by atoms with E-state index < -0.39 is 0 Å². The third-order valence-electron chi connectivity index (χ3n) is 3.96. The fraction of sp³-hybridized carbons (Fsp3) is 0.375. The molecule has 0 aliphatic carbocycles. The Morgan fingerprint density at radius 3 is 2.19 bits per heavy atom. The van der Waals surface area contributed by atoms with Gasteiger partial charge < -0.3 is 5.73 Å². The molecule has 2 N–H and O–H groups in total. The van der Waals surface area contributed by atoms with E-state index in [1.54, 1.807) is 0 Å². The Labute approximate surface area is 170 Å². The number of benzene rings is 2. The van der Waals surface area contributed by atoms with Crippen LogP contribution in [0.5, 0.6) is 0 Å². The number of thioether (sulfide) groups is 1. The first-order valence-corrected chi connectivity index (χ1v) is 10.8. The molecule has 0 aliphatic heterocycles. The zero-order valence-corrected chi connectivity index (χ0v) is 18.6. The SMILES string of the molecule is C/C=c1/cccc(C(C)SC)/c1=C/C.CCCN=Cc1ccccc1.CN. The molecule has 3 heteroatoms. The maximum atomic E-state index is 4.50. The minimum atomic E-state index is 0.570. The fourth-order valence-electron chi connectivity index (χ4n) is 2.51. The van der Waals surface area contributed by atoms with Crippen LogP contribution in [-0.2, 0) is 0 Å². The predicted molar refractivity (Wildman–Crippen MR) is 127 cm³/mol. The van der Waals surface area contributed by atoms with Crippen LogP contribution in [0.4, 0.5) is 0 Å². The third kappa shape index (κ3) is 9.60. The van der Waals surface area contributed by atoms with Crippen molar-refractivity contribution in [2.45, 2.75) is 39.4 Å². The number of hydrogen-bond acceptors (Lipinski definition) is 3. The van der Waals surface area contributed by atoms with Crippen molar-refractivity contribution in [1.29, 1.82) is 0 Å². The molecule has 0 aliphatic rings. The number of nitrogens with two attached hydrogens (primary N) is 1. The van der Waals surface area contributed by atoms with Gasteiger partial charge in [-0.15, -0.1) is 0 Å². The number of hydrogen-bond donors (Lipinski definition) is 1. The van der Waals surface area contributed by atoms with E-state index in [9.17, 15) is 0 Å². The van der Waals surface area contributed by atoms with Gasteiger partial charge in [0, 0.05) is 18.0 Å². The van der Waals surface area contributed by atoms with E-state index in [0.717, 1.165) is 13.0 Å². The monoisotopic (exact) mass is 384 g/mol. The van der Waals surface area contributed by atoms with Gasteiger partial charge in [0.2, 0.25) is 0 Å². The molecule has 0 saturated heterocycles. The molecule has 0 amide bonds. The molecular weight excluding hydrogens is 348 g/mol. The maximum Gasteiger partial charge on any atom is 0.0386 e. The first kappa shape index (κ1) is 25.2. The second kappa shape index (κ2) is 16.3. The summed E-state index contributed by atoms with van der Waals surface area (Å²) in [6, 6.07) is 16.7. The molecule has 0 spiro atoms. The van der Waals surface area contributed by atoms with Crippen LogP contribution >= 0.6 is 11.8 Å². The van der Waals surface area contributed by atoms with Crippen LogP contribution in [0.3, 0.4) is 0 Å².